The number of methoxy groups -OCH3 is 1. The molecule has 2 rings (SSSR count). The average molecular weight is 222 g/mol. The molecule has 0 atom stereocenters. The van der Waals surface area contributed by atoms with Gasteiger partial charge < -0.3 is 10.1 Å². The second-order valence-electron chi connectivity index (χ2n) is 3.06. The van der Waals surface area contributed by atoms with E-state index in [-0.39, 0.29) is 12.5 Å². The Morgan fingerprint density at radius 3 is 2.80 bits per heavy atom. The van der Waals surface area contributed by atoms with Gasteiger partial charge in [-0.05, 0) is 24.4 Å². The number of benzene rings is 1. The number of carbonyl (C=O) groups is 1. The van der Waals surface area contributed by atoms with Gasteiger partial charge in [-0.25, -0.2) is 0 Å². The fraction of sp³-hybridized carbons (Fsp3) is 0.200. The first-order valence-electron chi connectivity index (χ1n) is 4.48. The largest absolute Gasteiger partial charge is 0.495 e. The molecular weight excluding hydrogens is 212 g/mol. The molecule has 0 radical (unpaired) electrons. The lowest BCUT2D eigenvalue weighted by Crippen LogP contribution is -2.30. The number of amides is 1. The maximum absolute atomic E-state index is 11.6. The molecule has 1 saturated heterocycles. The maximum atomic E-state index is 11.6. The first-order chi connectivity index (χ1) is 7.24. The van der Waals surface area contributed by atoms with E-state index < -0.39 is 0 Å². The van der Waals surface area contributed by atoms with Crippen molar-refractivity contribution in [2.75, 3.05) is 18.6 Å². The van der Waals surface area contributed by atoms with E-state index in [0.29, 0.717) is 16.5 Å². The molecule has 0 aromatic heterocycles. The summed E-state index contributed by atoms with van der Waals surface area (Å²) in [7, 11) is 1.57. The number of ether oxygens (including phenoxy) is 1. The third kappa shape index (κ3) is 1.66. The molecule has 15 heavy (non-hydrogen) atoms. The molecule has 0 spiro atoms. The highest BCUT2D eigenvalue weighted by atomic mass is 32.1. The Morgan fingerprint density at radius 2 is 2.20 bits per heavy atom. The monoisotopic (exact) mass is 222 g/mol. The molecule has 1 N–H and O–H groups in total. The molecule has 1 amide bonds. The number of nitrogens with one attached hydrogen (secondary N) is 1. The van der Waals surface area contributed by atoms with Crippen molar-refractivity contribution in [3.8, 4) is 5.75 Å². The molecule has 1 fully saturated rings. The van der Waals surface area contributed by atoms with Gasteiger partial charge in [-0.3, -0.25) is 9.69 Å². The molecule has 4 nitrogen and oxygen atoms in total. The number of anilines is 1. The summed E-state index contributed by atoms with van der Waals surface area (Å²) in [5.41, 5.74) is 0.681. The van der Waals surface area contributed by atoms with Crippen LogP contribution in [0.25, 0.3) is 0 Å². The summed E-state index contributed by atoms with van der Waals surface area (Å²) in [6, 6.07) is 7.28. The highest BCUT2D eigenvalue weighted by molar-refractivity contribution is 7.80. The van der Waals surface area contributed by atoms with E-state index in [2.05, 4.69) is 5.32 Å². The Kier molecular flexibility index (Phi) is 2.55. The van der Waals surface area contributed by atoms with E-state index in [0.717, 1.165) is 0 Å². The van der Waals surface area contributed by atoms with Crippen LogP contribution < -0.4 is 15.0 Å². The minimum absolute atomic E-state index is 0.0653. The Morgan fingerprint density at radius 1 is 1.47 bits per heavy atom. The zero-order valence-electron chi connectivity index (χ0n) is 8.19. The number of nitrogens with zero attached hydrogens (tertiary/aromatic N) is 1. The van der Waals surface area contributed by atoms with Gasteiger partial charge in [-0.1, -0.05) is 12.1 Å². The highest BCUT2D eigenvalue weighted by Crippen LogP contribution is 2.28. The molecule has 0 unspecified atom stereocenters. The van der Waals surface area contributed by atoms with Gasteiger partial charge in [0.15, 0.2) is 5.11 Å². The lowest BCUT2D eigenvalue weighted by molar-refractivity contribution is -0.115. The van der Waals surface area contributed by atoms with Crippen molar-refractivity contribution in [2.24, 2.45) is 0 Å². The normalized spacial score (nSPS) is 15.4. The summed E-state index contributed by atoms with van der Waals surface area (Å²) in [5.74, 6) is 0.571. The van der Waals surface area contributed by atoms with Crippen molar-refractivity contribution in [2.45, 2.75) is 0 Å². The molecule has 1 aromatic carbocycles. The Balaban J connectivity index is 2.44. The third-order valence-electron chi connectivity index (χ3n) is 2.17. The molecule has 1 aliphatic rings. The standard InChI is InChI=1S/C10H10N2O2S/c1-14-8-5-3-2-4-7(8)12-9(13)6-11-10(12)15/h2-5H,6H2,1H3,(H,11,15). The topological polar surface area (TPSA) is 41.6 Å². The smallest absolute Gasteiger partial charge is 0.252 e. The van der Waals surface area contributed by atoms with Crippen LogP contribution in [0.2, 0.25) is 0 Å². The summed E-state index contributed by atoms with van der Waals surface area (Å²) in [6.07, 6.45) is 0. The fourth-order valence-corrected chi connectivity index (χ4v) is 1.75. The van der Waals surface area contributed by atoms with Crippen LogP contribution in [0, 0.1) is 0 Å². The van der Waals surface area contributed by atoms with Gasteiger partial charge >= 0.3 is 0 Å². The van der Waals surface area contributed by atoms with Crippen LogP contribution in [0.4, 0.5) is 5.69 Å². The van der Waals surface area contributed by atoms with E-state index >= 15 is 0 Å². The minimum atomic E-state index is -0.0653. The molecule has 0 aliphatic carbocycles. The van der Waals surface area contributed by atoms with Crippen LogP contribution >= 0.6 is 12.2 Å². The maximum Gasteiger partial charge on any atom is 0.252 e. The Bertz CT molecular complexity index is 404. The molecule has 0 bridgehead atoms. The zero-order valence-corrected chi connectivity index (χ0v) is 9.00. The molecule has 1 aromatic rings. The Hall–Kier alpha value is -1.62. The fourth-order valence-electron chi connectivity index (χ4n) is 1.48. The zero-order chi connectivity index (χ0) is 10.8. The number of thiocarbonyl (C=S) groups is 1. The summed E-state index contributed by atoms with van der Waals surface area (Å²) in [5, 5.41) is 3.24. The molecule has 78 valence electrons. The second-order valence-corrected chi connectivity index (χ2v) is 3.45. The SMILES string of the molecule is COc1ccccc1N1C(=O)CNC1=S. The lowest BCUT2D eigenvalue weighted by Gasteiger charge is -2.17. The van der Waals surface area contributed by atoms with Crippen LogP contribution in [0.5, 0.6) is 5.75 Å². The molecule has 0 saturated carbocycles. The summed E-state index contributed by atoms with van der Waals surface area (Å²) in [4.78, 5) is 13.0. The molecule has 5 heteroatoms. The van der Waals surface area contributed by atoms with Crippen molar-refractivity contribution in [1.82, 2.24) is 5.32 Å². The van der Waals surface area contributed by atoms with E-state index in [9.17, 15) is 4.79 Å². The van der Waals surface area contributed by atoms with Gasteiger partial charge in [0, 0.05) is 0 Å². The highest BCUT2D eigenvalue weighted by Gasteiger charge is 2.28. The number of hydrogen-bond donors (Lipinski definition) is 1. The predicted octanol–water partition coefficient (Wildman–Crippen LogP) is 0.916. The molecular formula is C10H10N2O2S. The predicted molar refractivity (Wildman–Crippen MR) is 61.1 cm³/mol. The van der Waals surface area contributed by atoms with Gasteiger partial charge in [0.25, 0.3) is 5.91 Å². The van der Waals surface area contributed by atoms with Crippen LogP contribution in [-0.4, -0.2) is 24.7 Å². The van der Waals surface area contributed by atoms with E-state index in [4.69, 9.17) is 17.0 Å². The van der Waals surface area contributed by atoms with Gasteiger partial charge in [-0.2, -0.15) is 0 Å². The molecule has 1 aliphatic heterocycles. The van der Waals surface area contributed by atoms with Gasteiger partial charge in [-0.15, -0.1) is 0 Å². The summed E-state index contributed by atoms with van der Waals surface area (Å²) >= 11 is 5.05. The average Bonchev–Trinajstić information content (AvgIpc) is 2.59. The Labute approximate surface area is 92.8 Å². The first kappa shape index (κ1) is 9.92. The van der Waals surface area contributed by atoms with Crippen molar-refractivity contribution >= 4 is 28.9 Å². The van der Waals surface area contributed by atoms with Crippen LogP contribution in [0.3, 0.4) is 0 Å². The minimum Gasteiger partial charge on any atom is -0.495 e. The van der Waals surface area contributed by atoms with Crippen molar-refractivity contribution in [1.29, 1.82) is 0 Å². The molecule has 1 heterocycles. The lowest BCUT2D eigenvalue weighted by atomic mass is 10.2. The number of carbonyl (C=O) groups excluding carboxylic acids is 1. The van der Waals surface area contributed by atoms with Crippen molar-refractivity contribution in [3.63, 3.8) is 0 Å². The van der Waals surface area contributed by atoms with Gasteiger partial charge in [0.1, 0.15) is 5.75 Å². The number of para-hydroxylation sites is 2. The van der Waals surface area contributed by atoms with Crippen LogP contribution in [0.1, 0.15) is 0 Å². The van der Waals surface area contributed by atoms with Crippen molar-refractivity contribution < 1.29 is 9.53 Å². The summed E-state index contributed by atoms with van der Waals surface area (Å²) < 4.78 is 5.17. The van der Waals surface area contributed by atoms with E-state index in [1.165, 1.54) is 4.90 Å². The van der Waals surface area contributed by atoms with E-state index in [1.807, 2.05) is 12.1 Å². The van der Waals surface area contributed by atoms with E-state index in [1.54, 1.807) is 19.2 Å². The third-order valence-corrected chi connectivity index (χ3v) is 2.50. The van der Waals surface area contributed by atoms with Crippen LogP contribution in [-0.2, 0) is 4.79 Å². The van der Waals surface area contributed by atoms with Crippen molar-refractivity contribution in [3.05, 3.63) is 24.3 Å². The first-order valence-corrected chi connectivity index (χ1v) is 4.88. The second kappa shape index (κ2) is 3.86. The van der Waals surface area contributed by atoms with Gasteiger partial charge in [0.05, 0.1) is 19.3 Å². The number of hydrogen-bond acceptors (Lipinski definition) is 3. The summed E-state index contributed by atoms with van der Waals surface area (Å²) in [6.45, 7) is 0.247. The van der Waals surface area contributed by atoms with Crippen LogP contribution in [0.15, 0.2) is 24.3 Å². The quantitative estimate of drug-likeness (QED) is 0.755. The number of rotatable bonds is 2. The van der Waals surface area contributed by atoms with Gasteiger partial charge in [0.2, 0.25) is 0 Å².